The second-order valence-corrected chi connectivity index (χ2v) is 9.91. The number of rotatable bonds is 13. The lowest BCUT2D eigenvalue weighted by Gasteiger charge is -2.32. The average molecular weight is 476 g/mol. The monoisotopic (exact) mass is 475 g/mol. The summed E-state index contributed by atoms with van der Waals surface area (Å²) < 4.78 is 5.27. The predicted octanol–water partition coefficient (Wildman–Crippen LogP) is 5.19. The SMILES string of the molecule is CCCCCNC(=O)C(c1ccc(C)cc1C)N(CCCCC)C(=O)CNC(=O)OC(C)(C)C. The fraction of sp³-hybridized carbons (Fsp3) is 0.667. The molecule has 192 valence electrons. The highest BCUT2D eigenvalue weighted by molar-refractivity contribution is 5.90. The third-order valence-corrected chi connectivity index (χ3v) is 5.47. The van der Waals surface area contributed by atoms with Crippen LogP contribution in [0.5, 0.6) is 0 Å². The van der Waals surface area contributed by atoms with E-state index < -0.39 is 17.7 Å². The largest absolute Gasteiger partial charge is 0.444 e. The van der Waals surface area contributed by atoms with Crippen LogP contribution in [0.2, 0.25) is 0 Å². The Hall–Kier alpha value is -2.57. The molecule has 0 fully saturated rings. The highest BCUT2D eigenvalue weighted by Gasteiger charge is 2.32. The Balaban J connectivity index is 3.20. The zero-order chi connectivity index (χ0) is 25.7. The van der Waals surface area contributed by atoms with E-state index in [-0.39, 0.29) is 18.4 Å². The van der Waals surface area contributed by atoms with Gasteiger partial charge in [-0.05, 0) is 58.6 Å². The van der Waals surface area contributed by atoms with Crippen molar-refractivity contribution in [3.05, 3.63) is 34.9 Å². The zero-order valence-electron chi connectivity index (χ0n) is 22.3. The summed E-state index contributed by atoms with van der Waals surface area (Å²) in [6, 6.07) is 5.17. The molecule has 0 radical (unpaired) electrons. The number of aryl methyl sites for hydroxylation is 2. The van der Waals surface area contributed by atoms with E-state index in [1.54, 1.807) is 25.7 Å². The van der Waals surface area contributed by atoms with Crippen LogP contribution in [-0.2, 0) is 14.3 Å². The number of carbonyl (C=O) groups is 3. The van der Waals surface area contributed by atoms with E-state index >= 15 is 0 Å². The van der Waals surface area contributed by atoms with Crippen molar-refractivity contribution in [1.29, 1.82) is 0 Å². The molecule has 0 aromatic heterocycles. The number of ether oxygens (including phenoxy) is 1. The van der Waals surface area contributed by atoms with Crippen LogP contribution in [-0.4, -0.2) is 48.0 Å². The van der Waals surface area contributed by atoms with Crippen molar-refractivity contribution >= 4 is 17.9 Å². The standard InChI is InChI=1S/C27H45N3O4/c1-8-10-12-16-28-25(32)24(22-15-14-20(3)18-21(22)4)30(17-13-11-9-2)23(31)19-29-26(33)34-27(5,6)7/h14-15,18,24H,8-13,16-17,19H2,1-7H3,(H,28,32)(H,29,33). The van der Waals surface area contributed by atoms with Crippen LogP contribution < -0.4 is 10.6 Å². The van der Waals surface area contributed by atoms with Gasteiger partial charge < -0.3 is 20.3 Å². The molecule has 1 atom stereocenters. The van der Waals surface area contributed by atoms with Gasteiger partial charge in [0.2, 0.25) is 11.8 Å². The van der Waals surface area contributed by atoms with Gasteiger partial charge in [0, 0.05) is 13.1 Å². The minimum absolute atomic E-state index is 0.190. The van der Waals surface area contributed by atoms with Crippen LogP contribution in [0.25, 0.3) is 0 Å². The molecule has 0 spiro atoms. The second kappa shape index (κ2) is 14.6. The Morgan fingerprint density at radius 2 is 1.62 bits per heavy atom. The molecule has 1 unspecified atom stereocenters. The maximum Gasteiger partial charge on any atom is 0.408 e. The van der Waals surface area contributed by atoms with Gasteiger partial charge in [-0.2, -0.15) is 0 Å². The number of hydrogen-bond acceptors (Lipinski definition) is 4. The summed E-state index contributed by atoms with van der Waals surface area (Å²) in [4.78, 5) is 40.5. The van der Waals surface area contributed by atoms with Crippen LogP contribution in [0.1, 0.15) is 95.9 Å². The first kappa shape index (κ1) is 29.5. The smallest absolute Gasteiger partial charge is 0.408 e. The number of unbranched alkanes of at least 4 members (excludes halogenated alkanes) is 4. The molecule has 0 aliphatic carbocycles. The molecule has 34 heavy (non-hydrogen) atoms. The van der Waals surface area contributed by atoms with Gasteiger partial charge in [0.05, 0.1) is 0 Å². The topological polar surface area (TPSA) is 87.7 Å². The molecule has 0 saturated heterocycles. The molecule has 1 rings (SSSR count). The number of nitrogens with zero attached hydrogens (tertiary/aromatic N) is 1. The maximum absolute atomic E-state index is 13.4. The first-order valence-electron chi connectivity index (χ1n) is 12.6. The van der Waals surface area contributed by atoms with Gasteiger partial charge in [-0.1, -0.05) is 63.3 Å². The van der Waals surface area contributed by atoms with Crippen LogP contribution in [0.15, 0.2) is 18.2 Å². The predicted molar refractivity (Wildman–Crippen MR) is 137 cm³/mol. The van der Waals surface area contributed by atoms with E-state index in [9.17, 15) is 14.4 Å². The van der Waals surface area contributed by atoms with E-state index in [0.717, 1.165) is 55.2 Å². The average Bonchev–Trinajstić information content (AvgIpc) is 2.74. The van der Waals surface area contributed by atoms with Crippen LogP contribution >= 0.6 is 0 Å². The first-order valence-corrected chi connectivity index (χ1v) is 12.6. The maximum atomic E-state index is 13.4. The molecule has 0 bridgehead atoms. The molecule has 0 aliphatic rings. The number of amides is 3. The fourth-order valence-electron chi connectivity index (χ4n) is 3.76. The minimum Gasteiger partial charge on any atom is -0.444 e. The third-order valence-electron chi connectivity index (χ3n) is 5.47. The molecule has 3 amide bonds. The van der Waals surface area contributed by atoms with Crippen molar-refractivity contribution in [2.75, 3.05) is 19.6 Å². The quantitative estimate of drug-likeness (QED) is 0.384. The Bertz CT molecular complexity index is 802. The molecular weight excluding hydrogens is 430 g/mol. The number of benzene rings is 1. The molecule has 1 aromatic rings. The summed E-state index contributed by atoms with van der Waals surface area (Å²) >= 11 is 0. The lowest BCUT2D eigenvalue weighted by Crippen LogP contribution is -2.48. The van der Waals surface area contributed by atoms with Gasteiger partial charge in [-0.3, -0.25) is 9.59 Å². The summed E-state index contributed by atoms with van der Waals surface area (Å²) in [5, 5.41) is 5.59. The van der Waals surface area contributed by atoms with Gasteiger partial charge in [0.25, 0.3) is 0 Å². The van der Waals surface area contributed by atoms with E-state index in [1.165, 1.54) is 0 Å². The van der Waals surface area contributed by atoms with Gasteiger partial charge in [-0.15, -0.1) is 0 Å². The summed E-state index contributed by atoms with van der Waals surface area (Å²) in [6.45, 7) is 14.3. The Kier molecular flexibility index (Phi) is 12.7. The van der Waals surface area contributed by atoms with Crippen molar-refractivity contribution in [2.45, 2.75) is 98.6 Å². The summed E-state index contributed by atoms with van der Waals surface area (Å²) in [5.41, 5.74) is 2.20. The van der Waals surface area contributed by atoms with Crippen LogP contribution in [0, 0.1) is 13.8 Å². The number of carbonyl (C=O) groups excluding carboxylic acids is 3. The highest BCUT2D eigenvalue weighted by atomic mass is 16.6. The van der Waals surface area contributed by atoms with E-state index in [1.807, 2.05) is 32.0 Å². The molecule has 0 aliphatic heterocycles. The number of alkyl carbamates (subject to hydrolysis) is 1. The third kappa shape index (κ3) is 10.6. The van der Waals surface area contributed by atoms with Crippen molar-refractivity contribution < 1.29 is 19.1 Å². The lowest BCUT2D eigenvalue weighted by molar-refractivity contribution is -0.140. The molecule has 1 aromatic carbocycles. The minimum atomic E-state index is -0.757. The van der Waals surface area contributed by atoms with Gasteiger partial charge in [0.1, 0.15) is 18.2 Å². The fourth-order valence-corrected chi connectivity index (χ4v) is 3.76. The molecule has 0 heterocycles. The van der Waals surface area contributed by atoms with Gasteiger partial charge >= 0.3 is 6.09 Å². The zero-order valence-corrected chi connectivity index (χ0v) is 22.3. The first-order chi connectivity index (χ1) is 16.0. The van der Waals surface area contributed by atoms with Gasteiger partial charge in [0.15, 0.2) is 0 Å². The molecule has 7 nitrogen and oxygen atoms in total. The Morgan fingerprint density at radius 1 is 0.971 bits per heavy atom. The Labute approximate surface area is 206 Å². The van der Waals surface area contributed by atoms with E-state index in [2.05, 4.69) is 24.5 Å². The van der Waals surface area contributed by atoms with Crippen LogP contribution in [0.4, 0.5) is 4.79 Å². The van der Waals surface area contributed by atoms with Crippen molar-refractivity contribution in [3.63, 3.8) is 0 Å². The van der Waals surface area contributed by atoms with Crippen LogP contribution in [0.3, 0.4) is 0 Å². The molecule has 0 saturated carbocycles. The van der Waals surface area contributed by atoms with Crippen molar-refractivity contribution in [1.82, 2.24) is 15.5 Å². The summed E-state index contributed by atoms with van der Waals surface area (Å²) in [6.07, 6.45) is 5.06. The number of nitrogens with one attached hydrogen (secondary N) is 2. The highest BCUT2D eigenvalue weighted by Crippen LogP contribution is 2.26. The lowest BCUT2D eigenvalue weighted by atomic mass is 9.96. The second-order valence-electron chi connectivity index (χ2n) is 9.91. The number of hydrogen-bond donors (Lipinski definition) is 2. The summed E-state index contributed by atoms with van der Waals surface area (Å²) in [7, 11) is 0. The van der Waals surface area contributed by atoms with Crippen molar-refractivity contribution in [2.24, 2.45) is 0 Å². The summed E-state index contributed by atoms with van der Waals surface area (Å²) in [5.74, 6) is -0.499. The molecular formula is C27H45N3O4. The van der Waals surface area contributed by atoms with E-state index in [0.29, 0.717) is 13.1 Å². The normalized spacial score (nSPS) is 12.1. The molecule has 7 heteroatoms. The molecule has 2 N–H and O–H groups in total. The van der Waals surface area contributed by atoms with E-state index in [4.69, 9.17) is 4.74 Å². The van der Waals surface area contributed by atoms with Gasteiger partial charge in [-0.25, -0.2) is 4.79 Å². The Morgan fingerprint density at radius 3 is 2.21 bits per heavy atom. The van der Waals surface area contributed by atoms with Crippen molar-refractivity contribution in [3.8, 4) is 0 Å².